The standard InChI is InChI=1S/C22H25N5O3S/c1-16-12-17(2)15-26(14-16)31(29,30)19-7-5-6-18(13-19)22(28)24-20-8-3-4-9-21(20)27-11-10-23-25-27/h3-11,13,16-17H,12,14-15H2,1-2H3,(H,24,28). The average molecular weight is 440 g/mol. The molecule has 4 rings (SSSR count). The van der Waals surface area contributed by atoms with Gasteiger partial charge in [-0.2, -0.15) is 4.31 Å². The second kappa shape index (κ2) is 8.60. The molecular formula is C22H25N5O3S. The summed E-state index contributed by atoms with van der Waals surface area (Å²) >= 11 is 0. The molecule has 0 bridgehead atoms. The zero-order valence-electron chi connectivity index (χ0n) is 17.5. The smallest absolute Gasteiger partial charge is 0.255 e. The van der Waals surface area contributed by atoms with Crippen LogP contribution < -0.4 is 5.32 Å². The molecule has 1 aliphatic heterocycles. The number of sulfonamides is 1. The first-order chi connectivity index (χ1) is 14.8. The number of benzene rings is 2. The first kappa shape index (κ1) is 21.2. The maximum absolute atomic E-state index is 13.2. The molecule has 1 N–H and O–H groups in total. The van der Waals surface area contributed by atoms with Crippen LogP contribution in [-0.2, 0) is 10.0 Å². The second-order valence-electron chi connectivity index (χ2n) is 8.11. The van der Waals surface area contributed by atoms with Gasteiger partial charge in [-0.05, 0) is 48.6 Å². The van der Waals surface area contributed by atoms with Crippen molar-refractivity contribution in [3.05, 3.63) is 66.5 Å². The number of rotatable bonds is 5. The van der Waals surface area contributed by atoms with Crippen molar-refractivity contribution in [2.45, 2.75) is 25.2 Å². The Morgan fingerprint density at radius 3 is 2.52 bits per heavy atom. The molecule has 9 heteroatoms. The predicted octanol–water partition coefficient (Wildman–Crippen LogP) is 3.19. The molecule has 0 radical (unpaired) electrons. The Morgan fingerprint density at radius 2 is 1.81 bits per heavy atom. The molecule has 1 aromatic heterocycles. The lowest BCUT2D eigenvalue weighted by Gasteiger charge is -2.34. The number of nitrogens with one attached hydrogen (secondary N) is 1. The number of carbonyl (C=O) groups is 1. The fraction of sp³-hybridized carbons (Fsp3) is 0.318. The van der Waals surface area contributed by atoms with Gasteiger partial charge in [-0.25, -0.2) is 13.1 Å². The van der Waals surface area contributed by atoms with E-state index in [-0.39, 0.29) is 10.5 Å². The van der Waals surface area contributed by atoms with E-state index in [0.29, 0.717) is 36.3 Å². The molecular weight excluding hydrogens is 414 g/mol. The van der Waals surface area contributed by atoms with E-state index in [2.05, 4.69) is 29.5 Å². The highest BCUT2D eigenvalue weighted by Gasteiger charge is 2.32. The third-order valence-electron chi connectivity index (χ3n) is 5.39. The Hall–Kier alpha value is -3.04. The maximum Gasteiger partial charge on any atom is 0.255 e. The van der Waals surface area contributed by atoms with Crippen molar-refractivity contribution in [3.8, 4) is 5.69 Å². The minimum atomic E-state index is -3.67. The molecule has 2 atom stereocenters. The van der Waals surface area contributed by atoms with Gasteiger partial charge in [0.2, 0.25) is 10.0 Å². The third-order valence-corrected chi connectivity index (χ3v) is 7.22. The van der Waals surface area contributed by atoms with Crippen LogP contribution in [0.4, 0.5) is 5.69 Å². The summed E-state index contributed by atoms with van der Waals surface area (Å²) in [7, 11) is -3.67. The van der Waals surface area contributed by atoms with E-state index in [4.69, 9.17) is 0 Å². The van der Waals surface area contributed by atoms with Gasteiger partial charge in [0.05, 0.1) is 28.7 Å². The summed E-state index contributed by atoms with van der Waals surface area (Å²) in [5.74, 6) is 0.210. The first-order valence-electron chi connectivity index (χ1n) is 10.2. The molecule has 162 valence electrons. The highest BCUT2D eigenvalue weighted by atomic mass is 32.2. The molecule has 0 spiro atoms. The van der Waals surface area contributed by atoms with E-state index in [0.717, 1.165) is 6.42 Å². The van der Waals surface area contributed by atoms with Crippen molar-refractivity contribution in [2.24, 2.45) is 11.8 Å². The van der Waals surface area contributed by atoms with Gasteiger partial charge in [-0.1, -0.05) is 37.3 Å². The number of anilines is 1. The number of aromatic nitrogens is 3. The summed E-state index contributed by atoms with van der Waals surface area (Å²) in [6, 6.07) is 13.4. The van der Waals surface area contributed by atoms with E-state index >= 15 is 0 Å². The Balaban J connectivity index is 1.59. The van der Waals surface area contributed by atoms with Crippen LogP contribution in [-0.4, -0.2) is 46.7 Å². The topological polar surface area (TPSA) is 97.2 Å². The Labute approximate surface area is 181 Å². The molecule has 1 saturated heterocycles. The number of para-hydroxylation sites is 2. The third kappa shape index (κ3) is 4.52. The molecule has 3 aromatic rings. The summed E-state index contributed by atoms with van der Waals surface area (Å²) in [5, 5.41) is 10.6. The summed E-state index contributed by atoms with van der Waals surface area (Å²) in [6.07, 6.45) is 4.24. The zero-order valence-corrected chi connectivity index (χ0v) is 18.3. The van der Waals surface area contributed by atoms with Crippen LogP contribution in [0, 0.1) is 11.8 Å². The molecule has 2 unspecified atom stereocenters. The summed E-state index contributed by atoms with van der Waals surface area (Å²) in [5.41, 5.74) is 1.48. The number of amides is 1. The van der Waals surface area contributed by atoms with E-state index in [9.17, 15) is 13.2 Å². The average Bonchev–Trinajstić information content (AvgIpc) is 3.28. The van der Waals surface area contributed by atoms with Gasteiger partial charge in [-0.3, -0.25) is 4.79 Å². The lowest BCUT2D eigenvalue weighted by Crippen LogP contribution is -2.42. The van der Waals surface area contributed by atoms with E-state index in [1.165, 1.54) is 10.4 Å². The van der Waals surface area contributed by atoms with Crippen LogP contribution in [0.15, 0.2) is 65.8 Å². The van der Waals surface area contributed by atoms with Gasteiger partial charge in [-0.15, -0.1) is 5.10 Å². The van der Waals surface area contributed by atoms with Crippen molar-refractivity contribution in [1.82, 2.24) is 19.3 Å². The number of nitrogens with zero attached hydrogens (tertiary/aromatic N) is 4. The second-order valence-corrected chi connectivity index (χ2v) is 10.1. The quantitative estimate of drug-likeness (QED) is 0.659. The first-order valence-corrected chi connectivity index (χ1v) is 11.7. The monoisotopic (exact) mass is 439 g/mol. The van der Waals surface area contributed by atoms with Crippen LogP contribution in [0.1, 0.15) is 30.6 Å². The fourth-order valence-corrected chi connectivity index (χ4v) is 5.79. The Morgan fingerprint density at radius 1 is 1.06 bits per heavy atom. The van der Waals surface area contributed by atoms with Gasteiger partial charge in [0.15, 0.2) is 0 Å². The van der Waals surface area contributed by atoms with E-state index in [1.807, 2.05) is 12.1 Å². The fourth-order valence-electron chi connectivity index (χ4n) is 4.06. The Kier molecular flexibility index (Phi) is 5.88. The summed E-state index contributed by atoms with van der Waals surface area (Å²) < 4.78 is 29.5. The van der Waals surface area contributed by atoms with Gasteiger partial charge < -0.3 is 5.32 Å². The van der Waals surface area contributed by atoms with Gasteiger partial charge in [0.25, 0.3) is 5.91 Å². The number of hydrogen-bond donors (Lipinski definition) is 1. The van der Waals surface area contributed by atoms with Crippen LogP contribution in [0.2, 0.25) is 0 Å². The largest absolute Gasteiger partial charge is 0.320 e. The molecule has 0 aliphatic carbocycles. The number of hydrogen-bond acceptors (Lipinski definition) is 5. The van der Waals surface area contributed by atoms with Crippen LogP contribution in [0.5, 0.6) is 0 Å². The highest BCUT2D eigenvalue weighted by molar-refractivity contribution is 7.89. The molecule has 8 nitrogen and oxygen atoms in total. The van der Waals surface area contributed by atoms with Crippen molar-refractivity contribution in [1.29, 1.82) is 0 Å². The highest BCUT2D eigenvalue weighted by Crippen LogP contribution is 2.27. The van der Waals surface area contributed by atoms with Crippen LogP contribution in [0.25, 0.3) is 5.69 Å². The molecule has 2 heterocycles. The zero-order chi connectivity index (χ0) is 22.0. The van der Waals surface area contributed by atoms with Crippen molar-refractivity contribution in [2.75, 3.05) is 18.4 Å². The summed E-state index contributed by atoms with van der Waals surface area (Å²) in [4.78, 5) is 13.1. The predicted molar refractivity (Wildman–Crippen MR) is 117 cm³/mol. The Bertz CT molecular complexity index is 1170. The maximum atomic E-state index is 13.2. The lowest BCUT2D eigenvalue weighted by atomic mass is 9.94. The number of piperidine rings is 1. The van der Waals surface area contributed by atoms with Crippen LogP contribution >= 0.6 is 0 Å². The molecule has 1 amide bonds. The van der Waals surface area contributed by atoms with Crippen LogP contribution in [0.3, 0.4) is 0 Å². The molecule has 31 heavy (non-hydrogen) atoms. The van der Waals surface area contributed by atoms with E-state index < -0.39 is 15.9 Å². The SMILES string of the molecule is CC1CC(C)CN(S(=O)(=O)c2cccc(C(=O)Nc3ccccc3-n3ccnn3)c2)C1. The lowest BCUT2D eigenvalue weighted by molar-refractivity contribution is 0.102. The summed E-state index contributed by atoms with van der Waals surface area (Å²) in [6.45, 7) is 5.12. The van der Waals surface area contributed by atoms with Gasteiger partial charge in [0.1, 0.15) is 0 Å². The molecule has 0 saturated carbocycles. The van der Waals surface area contributed by atoms with Gasteiger partial charge in [0, 0.05) is 18.7 Å². The molecule has 2 aromatic carbocycles. The van der Waals surface area contributed by atoms with E-state index in [1.54, 1.807) is 47.4 Å². The molecule has 1 aliphatic rings. The minimum absolute atomic E-state index is 0.131. The van der Waals surface area contributed by atoms with Gasteiger partial charge >= 0.3 is 0 Å². The van der Waals surface area contributed by atoms with Crippen molar-refractivity contribution < 1.29 is 13.2 Å². The molecule has 1 fully saturated rings. The normalized spacial score (nSPS) is 19.8. The van der Waals surface area contributed by atoms with Crippen molar-refractivity contribution >= 4 is 21.6 Å². The van der Waals surface area contributed by atoms with Crippen molar-refractivity contribution in [3.63, 3.8) is 0 Å². The minimum Gasteiger partial charge on any atom is -0.320 e. The number of carbonyl (C=O) groups excluding carboxylic acids is 1.